The van der Waals surface area contributed by atoms with Gasteiger partial charge < -0.3 is 5.11 Å². The van der Waals surface area contributed by atoms with Crippen molar-refractivity contribution in [1.29, 1.82) is 0 Å². The summed E-state index contributed by atoms with van der Waals surface area (Å²) >= 11 is 0. The molecule has 0 aromatic rings. The minimum absolute atomic E-state index is 0.130. The van der Waals surface area contributed by atoms with Crippen LogP contribution in [0.2, 0.25) is 0 Å². The van der Waals surface area contributed by atoms with Gasteiger partial charge in [-0.2, -0.15) is 8.42 Å². The standard InChI is InChI=1S/C22H46O4S/c1-2-3-4-5-6-7-8-9-10-11-13-16-19-22(23)20-17-14-12-15-18-21-27(24,25)26/h22-23H,2-21H2,1H3,(H,24,25,26). The highest BCUT2D eigenvalue weighted by Gasteiger charge is 2.05. The summed E-state index contributed by atoms with van der Waals surface area (Å²) in [7, 11) is -3.80. The third-order valence-electron chi connectivity index (χ3n) is 5.33. The lowest BCUT2D eigenvalue weighted by Gasteiger charge is -2.10. The molecule has 5 heteroatoms. The van der Waals surface area contributed by atoms with Crippen molar-refractivity contribution in [2.45, 2.75) is 135 Å². The Morgan fingerprint density at radius 1 is 0.593 bits per heavy atom. The van der Waals surface area contributed by atoms with Crippen molar-refractivity contribution in [2.24, 2.45) is 0 Å². The minimum Gasteiger partial charge on any atom is -0.393 e. The molecule has 0 amide bonds. The molecule has 1 unspecified atom stereocenters. The molecule has 0 spiro atoms. The highest BCUT2D eigenvalue weighted by atomic mass is 32.2. The minimum atomic E-state index is -3.80. The van der Waals surface area contributed by atoms with E-state index in [1.165, 1.54) is 70.6 Å². The van der Waals surface area contributed by atoms with Crippen molar-refractivity contribution in [3.63, 3.8) is 0 Å². The molecular weight excluding hydrogens is 360 g/mol. The summed E-state index contributed by atoms with van der Waals surface area (Å²) in [6.07, 6.45) is 22.1. The molecule has 164 valence electrons. The molecule has 2 N–H and O–H groups in total. The second kappa shape index (κ2) is 19.2. The first kappa shape index (κ1) is 26.9. The van der Waals surface area contributed by atoms with Crippen LogP contribution >= 0.6 is 0 Å². The van der Waals surface area contributed by atoms with Gasteiger partial charge in [-0.3, -0.25) is 4.55 Å². The number of aliphatic hydroxyl groups is 1. The van der Waals surface area contributed by atoms with Crippen LogP contribution in [0, 0.1) is 0 Å². The van der Waals surface area contributed by atoms with Crippen LogP contribution in [0.1, 0.15) is 129 Å². The van der Waals surface area contributed by atoms with E-state index in [-0.39, 0.29) is 11.9 Å². The maximum absolute atomic E-state index is 10.6. The largest absolute Gasteiger partial charge is 0.393 e. The first-order chi connectivity index (χ1) is 13.0. The van der Waals surface area contributed by atoms with Gasteiger partial charge in [0, 0.05) is 0 Å². The van der Waals surface area contributed by atoms with Crippen molar-refractivity contribution in [1.82, 2.24) is 0 Å². The second-order valence-corrected chi connectivity index (χ2v) is 9.75. The number of aliphatic hydroxyl groups excluding tert-OH is 1. The van der Waals surface area contributed by atoms with Gasteiger partial charge in [0.05, 0.1) is 11.9 Å². The highest BCUT2D eigenvalue weighted by molar-refractivity contribution is 7.85. The fraction of sp³-hybridized carbons (Fsp3) is 1.00. The molecule has 0 aromatic carbocycles. The van der Waals surface area contributed by atoms with Crippen LogP contribution in [0.4, 0.5) is 0 Å². The summed E-state index contributed by atoms with van der Waals surface area (Å²) in [5, 5.41) is 10.0. The topological polar surface area (TPSA) is 74.6 Å². The van der Waals surface area contributed by atoms with E-state index in [0.717, 1.165) is 44.9 Å². The molecule has 0 aliphatic rings. The van der Waals surface area contributed by atoms with Gasteiger partial charge in [0.1, 0.15) is 0 Å². The molecule has 27 heavy (non-hydrogen) atoms. The summed E-state index contributed by atoms with van der Waals surface area (Å²) in [5.41, 5.74) is 0. The maximum atomic E-state index is 10.6. The van der Waals surface area contributed by atoms with Crippen molar-refractivity contribution < 1.29 is 18.1 Å². The summed E-state index contributed by atoms with van der Waals surface area (Å²) in [6.45, 7) is 2.26. The lowest BCUT2D eigenvalue weighted by atomic mass is 10.0. The van der Waals surface area contributed by atoms with Crippen molar-refractivity contribution >= 4 is 10.1 Å². The van der Waals surface area contributed by atoms with Gasteiger partial charge in [-0.15, -0.1) is 0 Å². The Kier molecular flexibility index (Phi) is 19.1. The van der Waals surface area contributed by atoms with Crippen LogP contribution in [0.25, 0.3) is 0 Å². The van der Waals surface area contributed by atoms with Crippen LogP contribution < -0.4 is 0 Å². The number of hydrogen-bond acceptors (Lipinski definition) is 3. The molecule has 0 radical (unpaired) electrons. The molecule has 0 bridgehead atoms. The molecular formula is C22H46O4S. The van der Waals surface area contributed by atoms with Gasteiger partial charge in [0.15, 0.2) is 0 Å². The summed E-state index contributed by atoms with van der Waals surface area (Å²) in [6, 6.07) is 0. The number of rotatable bonds is 21. The van der Waals surface area contributed by atoms with Gasteiger partial charge in [-0.25, -0.2) is 0 Å². The van der Waals surface area contributed by atoms with Gasteiger partial charge >= 0.3 is 0 Å². The average molecular weight is 407 g/mol. The van der Waals surface area contributed by atoms with Crippen molar-refractivity contribution in [3.05, 3.63) is 0 Å². The monoisotopic (exact) mass is 406 g/mol. The number of unbranched alkanes of at least 4 members (excludes halogenated alkanes) is 15. The van der Waals surface area contributed by atoms with E-state index in [1.807, 2.05) is 0 Å². The Labute approximate surface area is 169 Å². The van der Waals surface area contributed by atoms with Gasteiger partial charge in [-0.1, -0.05) is 110 Å². The Hall–Kier alpha value is -0.130. The van der Waals surface area contributed by atoms with Crippen LogP contribution in [0.3, 0.4) is 0 Å². The van der Waals surface area contributed by atoms with E-state index in [1.54, 1.807) is 0 Å². The zero-order chi connectivity index (χ0) is 20.2. The Balaban J connectivity index is 3.20. The van der Waals surface area contributed by atoms with Crippen LogP contribution in [-0.4, -0.2) is 29.9 Å². The summed E-state index contributed by atoms with van der Waals surface area (Å²) < 4.78 is 29.8. The van der Waals surface area contributed by atoms with Crippen molar-refractivity contribution in [3.8, 4) is 0 Å². The highest BCUT2D eigenvalue weighted by Crippen LogP contribution is 2.15. The molecule has 0 aliphatic heterocycles. The molecule has 0 aliphatic carbocycles. The normalized spacial score (nSPS) is 13.1. The van der Waals surface area contributed by atoms with E-state index in [2.05, 4.69) is 6.92 Å². The predicted molar refractivity (Wildman–Crippen MR) is 116 cm³/mol. The van der Waals surface area contributed by atoms with E-state index in [0.29, 0.717) is 6.42 Å². The average Bonchev–Trinajstić information content (AvgIpc) is 2.61. The fourth-order valence-corrected chi connectivity index (χ4v) is 4.13. The first-order valence-corrected chi connectivity index (χ1v) is 13.2. The molecule has 0 aromatic heterocycles. The zero-order valence-electron chi connectivity index (χ0n) is 17.8. The van der Waals surface area contributed by atoms with Gasteiger partial charge in [0.25, 0.3) is 10.1 Å². The number of hydrogen-bond donors (Lipinski definition) is 2. The molecule has 0 rings (SSSR count). The van der Waals surface area contributed by atoms with Gasteiger partial charge in [0.2, 0.25) is 0 Å². The fourth-order valence-electron chi connectivity index (χ4n) is 3.56. The molecule has 0 fully saturated rings. The summed E-state index contributed by atoms with van der Waals surface area (Å²) in [4.78, 5) is 0. The lowest BCUT2D eigenvalue weighted by Crippen LogP contribution is -2.06. The van der Waals surface area contributed by atoms with E-state index >= 15 is 0 Å². The third kappa shape index (κ3) is 23.8. The molecule has 0 saturated carbocycles. The quantitative estimate of drug-likeness (QED) is 0.165. The second-order valence-electron chi connectivity index (χ2n) is 8.17. The third-order valence-corrected chi connectivity index (χ3v) is 6.14. The molecule has 0 saturated heterocycles. The Bertz CT molecular complexity index is 395. The Morgan fingerprint density at radius 2 is 0.926 bits per heavy atom. The van der Waals surface area contributed by atoms with E-state index < -0.39 is 10.1 Å². The lowest BCUT2D eigenvalue weighted by molar-refractivity contribution is 0.147. The van der Waals surface area contributed by atoms with Gasteiger partial charge in [-0.05, 0) is 19.3 Å². The molecule has 4 nitrogen and oxygen atoms in total. The smallest absolute Gasteiger partial charge is 0.264 e. The van der Waals surface area contributed by atoms with Crippen LogP contribution in [-0.2, 0) is 10.1 Å². The molecule has 1 atom stereocenters. The van der Waals surface area contributed by atoms with Crippen LogP contribution in [0.5, 0.6) is 0 Å². The Morgan fingerprint density at radius 3 is 1.30 bits per heavy atom. The SMILES string of the molecule is CCCCCCCCCCCCCCC(O)CCCCCCCS(=O)(=O)O. The first-order valence-electron chi connectivity index (χ1n) is 11.6. The maximum Gasteiger partial charge on any atom is 0.264 e. The van der Waals surface area contributed by atoms with Crippen molar-refractivity contribution in [2.75, 3.05) is 5.75 Å². The zero-order valence-corrected chi connectivity index (χ0v) is 18.7. The van der Waals surface area contributed by atoms with Crippen LogP contribution in [0.15, 0.2) is 0 Å². The molecule has 0 heterocycles. The predicted octanol–water partition coefficient (Wildman–Crippen LogP) is 6.67. The van der Waals surface area contributed by atoms with E-state index in [4.69, 9.17) is 4.55 Å². The van der Waals surface area contributed by atoms with E-state index in [9.17, 15) is 13.5 Å². The summed E-state index contributed by atoms with van der Waals surface area (Å²) in [5.74, 6) is -0.130.